The van der Waals surface area contributed by atoms with Gasteiger partial charge in [0.1, 0.15) is 0 Å². The topological polar surface area (TPSA) is 19.0 Å². The molecule has 114 valence electrons. The highest BCUT2D eigenvalue weighted by Gasteiger charge is 2.15. The lowest BCUT2D eigenvalue weighted by Crippen LogP contribution is -2.47. The Morgan fingerprint density at radius 2 is 1.11 bits per heavy atom. The second kappa shape index (κ2) is 8.90. The number of hydrogen-bond acceptors (Lipinski definition) is 4. The van der Waals surface area contributed by atoms with Gasteiger partial charge >= 0.3 is 0 Å². The van der Waals surface area contributed by atoms with Crippen molar-refractivity contribution in [3.05, 3.63) is 0 Å². The van der Waals surface area contributed by atoms with Gasteiger partial charge in [-0.15, -0.1) is 0 Å². The van der Waals surface area contributed by atoms with E-state index in [1.807, 2.05) is 0 Å². The molecule has 0 amide bonds. The maximum absolute atomic E-state index is 5.21. The van der Waals surface area contributed by atoms with Crippen LogP contribution in [0.3, 0.4) is 0 Å². The molecule has 0 N–H and O–H groups in total. The van der Waals surface area contributed by atoms with Gasteiger partial charge in [0.25, 0.3) is 0 Å². The average Bonchev–Trinajstić information content (AvgIpc) is 2.41. The van der Waals surface area contributed by atoms with Gasteiger partial charge in [-0.3, -0.25) is 9.80 Å². The summed E-state index contributed by atoms with van der Waals surface area (Å²) in [7, 11) is 2.19. The molecule has 2 fully saturated rings. The van der Waals surface area contributed by atoms with E-state index in [0.29, 0.717) is 6.04 Å². The van der Waals surface area contributed by atoms with Crippen LogP contribution < -0.4 is 0 Å². The smallest absolute Gasteiger partial charge is 0.0594 e. The van der Waals surface area contributed by atoms with Crippen molar-refractivity contribution < 1.29 is 4.74 Å². The van der Waals surface area contributed by atoms with Gasteiger partial charge in [0.15, 0.2) is 0 Å². The third-order valence-electron chi connectivity index (χ3n) is 4.04. The highest BCUT2D eigenvalue weighted by molar-refractivity contribution is 4.71. The SMILES string of the molecule is CC(C)N1CCN(C)CC1.CC(C)N1CCOCC1. The molecule has 0 unspecified atom stereocenters. The van der Waals surface area contributed by atoms with Crippen molar-refractivity contribution in [3.8, 4) is 0 Å². The molecule has 0 radical (unpaired) electrons. The average molecular weight is 271 g/mol. The van der Waals surface area contributed by atoms with Crippen LogP contribution in [0.2, 0.25) is 0 Å². The lowest BCUT2D eigenvalue weighted by atomic mass is 10.2. The van der Waals surface area contributed by atoms with Crippen LogP contribution in [0.15, 0.2) is 0 Å². The highest BCUT2D eigenvalue weighted by Crippen LogP contribution is 2.03. The van der Waals surface area contributed by atoms with Crippen molar-refractivity contribution in [2.45, 2.75) is 39.8 Å². The molecule has 0 saturated carbocycles. The minimum atomic E-state index is 0.689. The van der Waals surface area contributed by atoms with Crippen molar-refractivity contribution in [2.24, 2.45) is 0 Å². The number of likely N-dealkylation sites (N-methyl/N-ethyl adjacent to an activating group) is 1. The van der Waals surface area contributed by atoms with Crippen LogP contribution in [-0.2, 0) is 4.74 Å². The molecule has 2 aliphatic heterocycles. The molecule has 0 aromatic heterocycles. The molecule has 0 aromatic rings. The molecule has 0 atom stereocenters. The molecule has 2 rings (SSSR count). The minimum Gasteiger partial charge on any atom is -0.379 e. The summed E-state index contributed by atoms with van der Waals surface area (Å²) in [5.41, 5.74) is 0. The Labute approximate surface area is 119 Å². The zero-order chi connectivity index (χ0) is 14.3. The molecule has 0 bridgehead atoms. The monoisotopic (exact) mass is 271 g/mol. The molecular formula is C15H33N3O. The Kier molecular flexibility index (Phi) is 7.91. The van der Waals surface area contributed by atoms with Crippen LogP contribution in [0.1, 0.15) is 27.7 Å². The van der Waals surface area contributed by atoms with E-state index in [9.17, 15) is 0 Å². The van der Waals surface area contributed by atoms with E-state index in [0.717, 1.165) is 32.3 Å². The number of piperazine rings is 1. The quantitative estimate of drug-likeness (QED) is 0.755. The van der Waals surface area contributed by atoms with E-state index >= 15 is 0 Å². The summed E-state index contributed by atoms with van der Waals surface area (Å²) < 4.78 is 5.21. The fourth-order valence-electron chi connectivity index (χ4n) is 2.43. The summed E-state index contributed by atoms with van der Waals surface area (Å²) in [5, 5.41) is 0. The summed E-state index contributed by atoms with van der Waals surface area (Å²) in [4.78, 5) is 7.35. The normalized spacial score (nSPS) is 23.5. The van der Waals surface area contributed by atoms with E-state index < -0.39 is 0 Å². The summed E-state index contributed by atoms with van der Waals surface area (Å²) in [6.45, 7) is 18.0. The molecule has 0 spiro atoms. The minimum absolute atomic E-state index is 0.689. The van der Waals surface area contributed by atoms with Gasteiger partial charge in [-0.05, 0) is 34.7 Å². The Balaban J connectivity index is 0.000000191. The Hall–Kier alpha value is -0.160. The van der Waals surface area contributed by atoms with Gasteiger partial charge < -0.3 is 9.64 Å². The summed E-state index contributed by atoms with van der Waals surface area (Å²) >= 11 is 0. The van der Waals surface area contributed by atoms with Gasteiger partial charge in [0.05, 0.1) is 13.2 Å². The molecule has 0 aliphatic carbocycles. The van der Waals surface area contributed by atoms with Crippen LogP contribution in [0.5, 0.6) is 0 Å². The summed E-state index contributed by atoms with van der Waals surface area (Å²) in [5.74, 6) is 0. The third kappa shape index (κ3) is 6.70. The van der Waals surface area contributed by atoms with Crippen molar-refractivity contribution >= 4 is 0 Å². The van der Waals surface area contributed by atoms with Crippen LogP contribution in [0.25, 0.3) is 0 Å². The predicted molar refractivity (Wildman–Crippen MR) is 81.7 cm³/mol. The van der Waals surface area contributed by atoms with Gasteiger partial charge in [0.2, 0.25) is 0 Å². The molecule has 2 saturated heterocycles. The number of ether oxygens (including phenoxy) is 1. The first-order chi connectivity index (χ1) is 9.00. The zero-order valence-corrected chi connectivity index (χ0v) is 13.6. The second-order valence-electron chi connectivity index (χ2n) is 6.18. The van der Waals surface area contributed by atoms with Crippen LogP contribution >= 0.6 is 0 Å². The van der Waals surface area contributed by atoms with E-state index in [-0.39, 0.29) is 0 Å². The molecule has 0 aromatic carbocycles. The standard InChI is InChI=1S/C8H18N2.C7H15NO/c1-8(2)10-6-4-9(3)5-7-10;1-7(2)8-3-5-9-6-4-8/h8H,4-7H2,1-3H3;7H,3-6H2,1-2H3. The van der Waals surface area contributed by atoms with Crippen molar-refractivity contribution in [1.82, 2.24) is 14.7 Å². The van der Waals surface area contributed by atoms with Gasteiger partial charge in [-0.1, -0.05) is 0 Å². The highest BCUT2D eigenvalue weighted by atomic mass is 16.5. The van der Waals surface area contributed by atoms with Gasteiger partial charge in [-0.25, -0.2) is 0 Å². The third-order valence-corrected chi connectivity index (χ3v) is 4.04. The van der Waals surface area contributed by atoms with Crippen LogP contribution in [-0.4, -0.2) is 86.3 Å². The van der Waals surface area contributed by atoms with E-state index in [1.54, 1.807) is 0 Å². The molecule has 19 heavy (non-hydrogen) atoms. The maximum atomic E-state index is 5.21. The van der Waals surface area contributed by atoms with Crippen molar-refractivity contribution in [3.63, 3.8) is 0 Å². The first-order valence-electron chi connectivity index (χ1n) is 7.75. The Bertz CT molecular complexity index is 219. The molecule has 4 nitrogen and oxygen atoms in total. The molecule has 4 heteroatoms. The number of hydrogen-bond donors (Lipinski definition) is 0. The molecule has 2 heterocycles. The first kappa shape index (κ1) is 16.9. The number of nitrogens with zero attached hydrogens (tertiary/aromatic N) is 3. The first-order valence-corrected chi connectivity index (χ1v) is 7.75. The Morgan fingerprint density at radius 3 is 1.47 bits per heavy atom. The Morgan fingerprint density at radius 1 is 0.684 bits per heavy atom. The zero-order valence-electron chi connectivity index (χ0n) is 13.6. The lowest BCUT2D eigenvalue weighted by Gasteiger charge is -2.34. The van der Waals surface area contributed by atoms with E-state index in [1.165, 1.54) is 26.2 Å². The van der Waals surface area contributed by atoms with Crippen LogP contribution in [0, 0.1) is 0 Å². The summed E-state index contributed by atoms with van der Waals surface area (Å²) in [6, 6.07) is 1.42. The fraction of sp³-hybridized carbons (Fsp3) is 1.00. The van der Waals surface area contributed by atoms with Crippen molar-refractivity contribution in [2.75, 3.05) is 59.5 Å². The number of morpholine rings is 1. The fourth-order valence-corrected chi connectivity index (χ4v) is 2.43. The second-order valence-corrected chi connectivity index (χ2v) is 6.18. The van der Waals surface area contributed by atoms with E-state index in [2.05, 4.69) is 49.4 Å². The predicted octanol–water partition coefficient (Wildman–Crippen LogP) is 1.37. The van der Waals surface area contributed by atoms with Crippen molar-refractivity contribution in [1.29, 1.82) is 0 Å². The summed E-state index contributed by atoms with van der Waals surface area (Å²) in [6.07, 6.45) is 0. The number of rotatable bonds is 2. The molecular weight excluding hydrogens is 238 g/mol. The van der Waals surface area contributed by atoms with Gasteiger partial charge in [0, 0.05) is 51.4 Å². The maximum Gasteiger partial charge on any atom is 0.0594 e. The van der Waals surface area contributed by atoms with E-state index in [4.69, 9.17) is 4.74 Å². The lowest BCUT2D eigenvalue weighted by molar-refractivity contribution is 0.0238. The van der Waals surface area contributed by atoms with Gasteiger partial charge in [-0.2, -0.15) is 0 Å². The van der Waals surface area contributed by atoms with Crippen LogP contribution in [0.4, 0.5) is 0 Å². The largest absolute Gasteiger partial charge is 0.379 e. The molecule has 2 aliphatic rings.